The summed E-state index contributed by atoms with van der Waals surface area (Å²) in [4.78, 5) is 35.5. The van der Waals surface area contributed by atoms with Crippen molar-refractivity contribution in [3.05, 3.63) is 80.3 Å². The molecule has 9 nitrogen and oxygen atoms in total. The number of non-ortho nitro benzene ring substituents is 1. The van der Waals surface area contributed by atoms with E-state index in [1.54, 1.807) is 43.3 Å². The van der Waals surface area contributed by atoms with Crippen molar-refractivity contribution in [2.45, 2.75) is 26.8 Å². The fraction of sp³-hybridized carbons (Fsp3) is 0.200. The van der Waals surface area contributed by atoms with Gasteiger partial charge in [-0.15, -0.1) is 0 Å². The van der Waals surface area contributed by atoms with Gasteiger partial charge < -0.3 is 0 Å². The van der Waals surface area contributed by atoms with E-state index in [9.17, 15) is 19.7 Å². The molecule has 29 heavy (non-hydrogen) atoms. The number of nitrogens with one attached hydrogen (secondary N) is 1. The third-order valence-electron chi connectivity index (χ3n) is 4.34. The Kier molecular flexibility index (Phi) is 5.77. The average Bonchev–Trinajstić information content (AvgIpc) is 2.74. The highest BCUT2D eigenvalue weighted by atomic mass is 16.6. The molecule has 0 radical (unpaired) electrons. The Labute approximate surface area is 165 Å². The minimum atomic E-state index is -0.549. The van der Waals surface area contributed by atoms with Gasteiger partial charge in [0.25, 0.3) is 17.2 Å². The fourth-order valence-corrected chi connectivity index (χ4v) is 2.84. The Morgan fingerprint density at radius 2 is 1.83 bits per heavy atom. The van der Waals surface area contributed by atoms with Crippen molar-refractivity contribution in [2.75, 3.05) is 0 Å². The predicted octanol–water partition coefficient (Wildman–Crippen LogP) is 2.87. The van der Waals surface area contributed by atoms with Gasteiger partial charge in [0.2, 0.25) is 0 Å². The van der Waals surface area contributed by atoms with Crippen LogP contribution >= 0.6 is 0 Å². The molecular formula is C20H19N5O4. The minimum Gasteiger partial charge on any atom is -0.267 e. The summed E-state index contributed by atoms with van der Waals surface area (Å²) in [6.45, 7) is 3.99. The lowest BCUT2D eigenvalue weighted by Crippen LogP contribution is -2.29. The van der Waals surface area contributed by atoms with Crippen molar-refractivity contribution in [1.29, 1.82) is 0 Å². The number of carbonyl (C=O) groups excluding carboxylic acids is 1. The zero-order valence-corrected chi connectivity index (χ0v) is 16.0. The third kappa shape index (κ3) is 4.18. The van der Waals surface area contributed by atoms with Crippen LogP contribution in [-0.2, 0) is 6.54 Å². The van der Waals surface area contributed by atoms with Gasteiger partial charge in [-0.05, 0) is 37.1 Å². The zero-order valence-electron chi connectivity index (χ0n) is 16.0. The quantitative estimate of drug-likeness (QED) is 0.392. The lowest BCUT2D eigenvalue weighted by atomic mass is 10.1. The summed E-state index contributed by atoms with van der Waals surface area (Å²) >= 11 is 0. The van der Waals surface area contributed by atoms with E-state index >= 15 is 0 Å². The first kappa shape index (κ1) is 19.9. The Morgan fingerprint density at radius 3 is 2.45 bits per heavy atom. The van der Waals surface area contributed by atoms with E-state index < -0.39 is 10.8 Å². The highest BCUT2D eigenvalue weighted by molar-refractivity contribution is 6.06. The van der Waals surface area contributed by atoms with E-state index in [0.717, 1.165) is 0 Å². The maximum atomic E-state index is 12.7. The summed E-state index contributed by atoms with van der Waals surface area (Å²) in [7, 11) is 0. The molecule has 0 bridgehead atoms. The van der Waals surface area contributed by atoms with Gasteiger partial charge in [0.05, 0.1) is 16.0 Å². The molecule has 1 aromatic heterocycles. The standard InChI is InChI=1S/C20H19N5O4/c1-3-12-24-20(27)17-7-5-4-6-16(17)18(23-24)19(26)22-21-13(2)14-8-10-15(11-9-14)25(28)29/h4-11H,3,12H2,1-2H3,(H,22,26)/b21-13+. The molecule has 0 saturated carbocycles. The van der Waals surface area contributed by atoms with Gasteiger partial charge in [-0.1, -0.05) is 25.1 Å². The van der Waals surface area contributed by atoms with E-state index in [0.29, 0.717) is 35.0 Å². The topological polar surface area (TPSA) is 119 Å². The zero-order chi connectivity index (χ0) is 21.0. The van der Waals surface area contributed by atoms with Gasteiger partial charge in [0, 0.05) is 24.1 Å². The van der Waals surface area contributed by atoms with E-state index in [2.05, 4.69) is 15.6 Å². The number of nitrogens with zero attached hydrogens (tertiary/aromatic N) is 4. The molecule has 0 aliphatic heterocycles. The van der Waals surface area contributed by atoms with Crippen LogP contribution in [0.25, 0.3) is 10.8 Å². The van der Waals surface area contributed by atoms with Crippen LogP contribution in [0.1, 0.15) is 36.3 Å². The number of hydrogen-bond donors (Lipinski definition) is 1. The number of nitro benzene ring substituents is 1. The van der Waals surface area contributed by atoms with Crippen LogP contribution in [0.2, 0.25) is 0 Å². The van der Waals surface area contributed by atoms with Crippen molar-refractivity contribution in [3.63, 3.8) is 0 Å². The molecule has 1 N–H and O–H groups in total. The van der Waals surface area contributed by atoms with Crippen LogP contribution in [0.3, 0.4) is 0 Å². The Balaban J connectivity index is 1.91. The summed E-state index contributed by atoms with van der Waals surface area (Å²) < 4.78 is 1.28. The molecule has 2 aromatic carbocycles. The van der Waals surface area contributed by atoms with Crippen molar-refractivity contribution in [3.8, 4) is 0 Å². The third-order valence-corrected chi connectivity index (χ3v) is 4.34. The second-order valence-electron chi connectivity index (χ2n) is 6.36. The van der Waals surface area contributed by atoms with Gasteiger partial charge >= 0.3 is 0 Å². The number of hydrogen-bond acceptors (Lipinski definition) is 6. The maximum Gasteiger partial charge on any atom is 0.292 e. The van der Waals surface area contributed by atoms with Crippen LogP contribution in [0.4, 0.5) is 5.69 Å². The number of benzene rings is 2. The smallest absolute Gasteiger partial charge is 0.267 e. The summed E-state index contributed by atoms with van der Waals surface area (Å²) in [5.74, 6) is -0.549. The molecule has 0 fully saturated rings. The van der Waals surface area contributed by atoms with Gasteiger partial charge in [-0.25, -0.2) is 10.1 Å². The SMILES string of the molecule is CCCn1nc(C(=O)N/N=C(\C)c2ccc([N+](=O)[O-])cc2)c2ccccc2c1=O. The monoisotopic (exact) mass is 393 g/mol. The molecule has 1 amide bonds. The van der Waals surface area contributed by atoms with Crippen LogP contribution in [-0.4, -0.2) is 26.3 Å². The van der Waals surface area contributed by atoms with Crippen LogP contribution in [0.15, 0.2) is 58.4 Å². The number of carbonyl (C=O) groups is 1. The molecule has 9 heteroatoms. The molecule has 3 aromatic rings. The summed E-state index contributed by atoms with van der Waals surface area (Å²) in [5.41, 5.74) is 3.39. The molecule has 0 saturated heterocycles. The largest absolute Gasteiger partial charge is 0.292 e. The summed E-state index contributed by atoms with van der Waals surface area (Å²) in [6, 6.07) is 12.6. The molecule has 0 aliphatic rings. The van der Waals surface area contributed by atoms with Gasteiger partial charge in [-0.2, -0.15) is 10.2 Å². The van der Waals surface area contributed by atoms with E-state index in [1.165, 1.54) is 16.8 Å². The van der Waals surface area contributed by atoms with Gasteiger partial charge in [0.15, 0.2) is 5.69 Å². The van der Waals surface area contributed by atoms with E-state index in [4.69, 9.17) is 0 Å². The second kappa shape index (κ2) is 8.42. The van der Waals surface area contributed by atoms with Gasteiger partial charge in [0.1, 0.15) is 0 Å². The molecule has 0 atom stereocenters. The Bertz CT molecular complexity index is 1170. The number of fused-ring (bicyclic) bond motifs is 1. The first-order valence-corrected chi connectivity index (χ1v) is 9.01. The molecule has 3 rings (SSSR count). The molecule has 1 heterocycles. The highest BCUT2D eigenvalue weighted by Crippen LogP contribution is 2.14. The lowest BCUT2D eigenvalue weighted by molar-refractivity contribution is -0.384. The average molecular weight is 393 g/mol. The van der Waals surface area contributed by atoms with Crippen molar-refractivity contribution in [1.82, 2.24) is 15.2 Å². The predicted molar refractivity (Wildman–Crippen MR) is 109 cm³/mol. The summed E-state index contributed by atoms with van der Waals surface area (Å²) in [6.07, 6.45) is 0.698. The maximum absolute atomic E-state index is 12.7. The van der Waals surface area contributed by atoms with Crippen LogP contribution < -0.4 is 11.0 Å². The minimum absolute atomic E-state index is 0.0283. The number of aromatic nitrogens is 2. The molecule has 0 unspecified atom stereocenters. The van der Waals surface area contributed by atoms with E-state index in [-0.39, 0.29) is 16.9 Å². The number of nitro groups is 1. The molecule has 148 valence electrons. The first-order chi connectivity index (χ1) is 13.9. The van der Waals surface area contributed by atoms with Crippen LogP contribution in [0, 0.1) is 10.1 Å². The number of aryl methyl sites for hydroxylation is 1. The second-order valence-corrected chi connectivity index (χ2v) is 6.36. The number of rotatable bonds is 6. The summed E-state index contributed by atoms with van der Waals surface area (Å²) in [5, 5.41) is 19.9. The van der Waals surface area contributed by atoms with Gasteiger partial charge in [-0.3, -0.25) is 19.7 Å². The number of hydrazone groups is 1. The Hall–Kier alpha value is -3.88. The van der Waals surface area contributed by atoms with Crippen molar-refractivity contribution < 1.29 is 9.72 Å². The van der Waals surface area contributed by atoms with Crippen molar-refractivity contribution >= 4 is 28.1 Å². The first-order valence-electron chi connectivity index (χ1n) is 9.01. The molecule has 0 spiro atoms. The van der Waals surface area contributed by atoms with Crippen LogP contribution in [0.5, 0.6) is 0 Å². The highest BCUT2D eigenvalue weighted by Gasteiger charge is 2.16. The van der Waals surface area contributed by atoms with Crippen molar-refractivity contribution in [2.24, 2.45) is 5.10 Å². The normalized spacial score (nSPS) is 11.4. The lowest BCUT2D eigenvalue weighted by Gasteiger charge is -2.09. The molecule has 0 aliphatic carbocycles. The Morgan fingerprint density at radius 1 is 1.17 bits per heavy atom. The molecular weight excluding hydrogens is 374 g/mol. The fourth-order valence-electron chi connectivity index (χ4n) is 2.84. The van der Waals surface area contributed by atoms with E-state index in [1.807, 2.05) is 6.92 Å². The number of amides is 1.